The third-order valence-corrected chi connectivity index (χ3v) is 8.81. The van der Waals surface area contributed by atoms with Gasteiger partial charge in [0.15, 0.2) is 5.78 Å². The molecule has 0 saturated heterocycles. The molecule has 0 aliphatic carbocycles. The molecule has 0 fully saturated rings. The maximum Gasteiger partial charge on any atom is 0.404 e. The number of phenols is 1. The number of aromatic amines is 1. The molecule has 0 radical (unpaired) electrons. The van der Waals surface area contributed by atoms with Crippen molar-refractivity contribution in [3.8, 4) is 5.75 Å². The third kappa shape index (κ3) is 9.96. The van der Waals surface area contributed by atoms with Crippen molar-refractivity contribution in [2.24, 2.45) is 5.73 Å². The Bertz CT molecular complexity index is 1390. The second-order valence-corrected chi connectivity index (χ2v) is 11.6. The van der Waals surface area contributed by atoms with Gasteiger partial charge in [0.1, 0.15) is 17.4 Å². The highest BCUT2D eigenvalue weighted by Gasteiger charge is 2.22. The Balaban J connectivity index is 1.57. The van der Waals surface area contributed by atoms with Gasteiger partial charge in [-0.2, -0.15) is 0 Å². The standard InChI is InChI=1S/C29H38Cl2N4O6S/c1-3-35(4-2)17-22(23(36)12-15-40-14-11-18-6-5-7-21(30)25(18)31)33-13-10-20(41-28(32)38)16-19-8-9-24(37)26-27(19)42-29(39)34-26/h5-9,20,22,33,37H,3-4,10-17H2,1-2H3,(H2,32,38)(H,34,39). The van der Waals surface area contributed by atoms with Gasteiger partial charge in [-0.05, 0) is 55.7 Å². The number of ether oxygens (including phenoxy) is 2. The molecule has 1 heterocycles. The largest absolute Gasteiger partial charge is 0.506 e. The number of aromatic hydroxyl groups is 1. The molecule has 2 aromatic carbocycles. The highest BCUT2D eigenvalue weighted by Crippen LogP contribution is 2.29. The number of Topliss-reactive ketones (excluding diaryl/α,β-unsaturated/α-hetero) is 1. The molecule has 10 nitrogen and oxygen atoms in total. The van der Waals surface area contributed by atoms with Crippen LogP contribution in [0.25, 0.3) is 10.2 Å². The van der Waals surface area contributed by atoms with Gasteiger partial charge in [-0.3, -0.25) is 9.59 Å². The first-order valence-electron chi connectivity index (χ1n) is 13.9. The second-order valence-electron chi connectivity index (χ2n) is 9.80. The van der Waals surface area contributed by atoms with Crippen molar-refractivity contribution in [2.45, 2.75) is 51.7 Å². The third-order valence-electron chi connectivity index (χ3n) is 6.99. The molecule has 0 saturated carbocycles. The maximum absolute atomic E-state index is 13.2. The number of halogens is 2. The van der Waals surface area contributed by atoms with Gasteiger partial charge in [0.05, 0.1) is 34.0 Å². The normalized spacial score (nSPS) is 13.0. The first-order valence-corrected chi connectivity index (χ1v) is 15.5. The van der Waals surface area contributed by atoms with E-state index >= 15 is 0 Å². The number of fused-ring (bicyclic) bond motifs is 1. The molecule has 42 heavy (non-hydrogen) atoms. The van der Waals surface area contributed by atoms with Crippen molar-refractivity contribution >= 4 is 56.6 Å². The number of likely N-dealkylation sites (N-methyl/N-ethyl adjacent to an activating group) is 1. The number of amides is 1. The molecule has 230 valence electrons. The fourth-order valence-corrected chi connectivity index (χ4v) is 5.95. The van der Waals surface area contributed by atoms with Crippen LogP contribution >= 0.6 is 34.5 Å². The van der Waals surface area contributed by atoms with Crippen LogP contribution in [0.2, 0.25) is 10.0 Å². The number of carbonyl (C=O) groups excluding carboxylic acids is 2. The summed E-state index contributed by atoms with van der Waals surface area (Å²) in [6, 6.07) is 8.20. The lowest BCUT2D eigenvalue weighted by Gasteiger charge is -2.26. The van der Waals surface area contributed by atoms with Gasteiger partial charge in [-0.15, -0.1) is 0 Å². The van der Waals surface area contributed by atoms with Crippen LogP contribution in [0.4, 0.5) is 4.79 Å². The van der Waals surface area contributed by atoms with Crippen LogP contribution in [0.5, 0.6) is 5.75 Å². The van der Waals surface area contributed by atoms with E-state index in [0.717, 1.165) is 35.6 Å². The van der Waals surface area contributed by atoms with Crippen LogP contribution < -0.4 is 15.9 Å². The molecule has 3 aromatic rings. The Morgan fingerprint density at radius 1 is 1.14 bits per heavy atom. The van der Waals surface area contributed by atoms with Crippen molar-refractivity contribution in [2.75, 3.05) is 39.4 Å². The molecule has 5 N–H and O–H groups in total. The molecular formula is C29H38Cl2N4O6S. The van der Waals surface area contributed by atoms with Gasteiger partial charge in [-0.1, -0.05) is 66.6 Å². The smallest absolute Gasteiger partial charge is 0.404 e. The van der Waals surface area contributed by atoms with E-state index in [9.17, 15) is 19.5 Å². The van der Waals surface area contributed by atoms with Gasteiger partial charge >= 0.3 is 11.0 Å². The molecule has 0 spiro atoms. The highest BCUT2D eigenvalue weighted by molar-refractivity contribution is 7.16. The summed E-state index contributed by atoms with van der Waals surface area (Å²) >= 11 is 13.3. The van der Waals surface area contributed by atoms with Crippen LogP contribution in [0, 0.1) is 0 Å². The Morgan fingerprint density at radius 2 is 1.90 bits per heavy atom. The summed E-state index contributed by atoms with van der Waals surface area (Å²) in [6.07, 6.45) is -0.0302. The minimum atomic E-state index is -0.913. The zero-order chi connectivity index (χ0) is 30.6. The van der Waals surface area contributed by atoms with Crippen molar-refractivity contribution in [1.29, 1.82) is 0 Å². The second kappa shape index (κ2) is 16.8. The molecule has 13 heteroatoms. The number of hydrogen-bond acceptors (Lipinski definition) is 9. The summed E-state index contributed by atoms with van der Waals surface area (Å²) < 4.78 is 11.7. The number of nitrogens with zero attached hydrogens (tertiary/aromatic N) is 1. The number of hydrogen-bond donors (Lipinski definition) is 4. The average Bonchev–Trinajstić information content (AvgIpc) is 3.36. The van der Waals surface area contributed by atoms with Crippen molar-refractivity contribution in [3.63, 3.8) is 0 Å². The van der Waals surface area contributed by atoms with Crippen molar-refractivity contribution in [1.82, 2.24) is 15.2 Å². The average molecular weight is 642 g/mol. The molecule has 0 aliphatic rings. The zero-order valence-corrected chi connectivity index (χ0v) is 26.1. The molecule has 2 unspecified atom stereocenters. The fraction of sp³-hybridized carbons (Fsp3) is 0.483. The number of phenolic OH excluding ortho intramolecular Hbond substituents is 1. The number of nitrogens with two attached hydrogens (primary N) is 1. The fourth-order valence-electron chi connectivity index (χ4n) is 4.66. The van der Waals surface area contributed by atoms with E-state index in [1.165, 1.54) is 6.07 Å². The van der Waals surface area contributed by atoms with E-state index in [2.05, 4.69) is 15.2 Å². The van der Waals surface area contributed by atoms with Crippen LogP contribution in [0.15, 0.2) is 35.1 Å². The summed E-state index contributed by atoms with van der Waals surface area (Å²) in [5, 5.41) is 14.4. The molecular weight excluding hydrogens is 603 g/mol. The molecule has 1 aromatic heterocycles. The first-order chi connectivity index (χ1) is 20.1. The van der Waals surface area contributed by atoms with Gasteiger partial charge in [0.25, 0.3) is 0 Å². The minimum Gasteiger partial charge on any atom is -0.506 e. The van der Waals surface area contributed by atoms with Crippen LogP contribution in [-0.4, -0.2) is 78.4 Å². The molecule has 2 atom stereocenters. The number of rotatable bonds is 18. The number of H-pyrrole nitrogens is 1. The van der Waals surface area contributed by atoms with Gasteiger partial charge in [-0.25, -0.2) is 4.79 Å². The molecule has 3 rings (SSSR count). The Kier molecular flexibility index (Phi) is 13.6. The van der Waals surface area contributed by atoms with Crippen LogP contribution in [0.3, 0.4) is 0 Å². The zero-order valence-electron chi connectivity index (χ0n) is 23.8. The van der Waals surface area contributed by atoms with Gasteiger partial charge in [0, 0.05) is 19.4 Å². The Morgan fingerprint density at radius 3 is 2.62 bits per heavy atom. The molecule has 1 amide bonds. The Labute approximate surface area is 259 Å². The van der Waals surface area contributed by atoms with E-state index in [1.807, 2.05) is 26.0 Å². The van der Waals surface area contributed by atoms with E-state index in [0.29, 0.717) is 52.8 Å². The summed E-state index contributed by atoms with van der Waals surface area (Å²) in [4.78, 5) is 41.2. The number of thiazole rings is 1. The number of ketones is 1. The summed E-state index contributed by atoms with van der Waals surface area (Å²) in [6.45, 7) is 7.27. The topological polar surface area (TPSA) is 147 Å². The Hall–Kier alpha value is -2.67. The number of benzene rings is 2. The lowest BCUT2D eigenvalue weighted by molar-refractivity contribution is -0.122. The van der Waals surface area contributed by atoms with Crippen LogP contribution in [0.1, 0.15) is 37.8 Å². The minimum absolute atomic E-state index is 0.0207. The highest BCUT2D eigenvalue weighted by atomic mass is 35.5. The number of aromatic nitrogens is 1. The van der Waals surface area contributed by atoms with Crippen molar-refractivity contribution in [3.05, 3.63) is 61.2 Å². The SMILES string of the molecule is CCN(CC)CC(NCCC(Cc1ccc(O)c2[nH]c(=O)sc12)OC(N)=O)C(=O)CCOCCc1cccc(Cl)c1Cl. The monoisotopic (exact) mass is 640 g/mol. The number of nitrogens with one attached hydrogen (secondary N) is 2. The molecule has 0 bridgehead atoms. The van der Waals surface area contributed by atoms with Gasteiger partial charge in [0.2, 0.25) is 0 Å². The van der Waals surface area contributed by atoms with Crippen molar-refractivity contribution < 1.29 is 24.2 Å². The van der Waals surface area contributed by atoms with E-state index in [4.69, 9.17) is 38.4 Å². The lowest BCUT2D eigenvalue weighted by Crippen LogP contribution is -2.47. The first kappa shape index (κ1) is 33.8. The van der Waals surface area contributed by atoms with E-state index < -0.39 is 18.2 Å². The van der Waals surface area contributed by atoms with Crippen LogP contribution in [-0.2, 0) is 27.1 Å². The van der Waals surface area contributed by atoms with E-state index in [1.54, 1.807) is 12.1 Å². The number of primary amides is 1. The van der Waals surface area contributed by atoms with E-state index in [-0.39, 0.29) is 35.9 Å². The summed E-state index contributed by atoms with van der Waals surface area (Å²) in [5.74, 6) is -0.0106. The molecule has 0 aliphatic heterocycles. The van der Waals surface area contributed by atoms with Gasteiger partial charge < -0.3 is 35.5 Å². The summed E-state index contributed by atoms with van der Waals surface area (Å²) in [7, 11) is 0. The predicted molar refractivity (Wildman–Crippen MR) is 167 cm³/mol. The summed E-state index contributed by atoms with van der Waals surface area (Å²) in [5.41, 5.74) is 7.32. The quantitative estimate of drug-likeness (QED) is 0.148. The lowest BCUT2D eigenvalue weighted by atomic mass is 10.0. The maximum atomic E-state index is 13.2. The number of carbonyl (C=O) groups is 2. The predicted octanol–water partition coefficient (Wildman–Crippen LogP) is 4.52.